The number of furan rings is 1. The van der Waals surface area contributed by atoms with Gasteiger partial charge in [-0.1, -0.05) is 0 Å². The van der Waals surface area contributed by atoms with Crippen molar-refractivity contribution in [2.24, 2.45) is 13.0 Å². The number of aryl methyl sites for hydroxylation is 1. The number of carbonyl (C=O) groups is 1. The van der Waals surface area contributed by atoms with E-state index in [1.54, 1.807) is 32.4 Å². The van der Waals surface area contributed by atoms with Crippen molar-refractivity contribution in [2.45, 2.75) is 31.2 Å². The van der Waals surface area contributed by atoms with Gasteiger partial charge in [-0.15, -0.1) is 0 Å². The smallest absolute Gasteiger partial charge is 0.246 e. The van der Waals surface area contributed by atoms with Gasteiger partial charge in [0.2, 0.25) is 15.9 Å². The molecule has 1 aliphatic rings. The van der Waals surface area contributed by atoms with E-state index in [0.717, 1.165) is 0 Å². The molecule has 0 radical (unpaired) electrons. The van der Waals surface area contributed by atoms with Gasteiger partial charge in [0, 0.05) is 20.1 Å². The first-order chi connectivity index (χ1) is 11.9. The lowest BCUT2D eigenvalue weighted by Crippen LogP contribution is -2.45. The van der Waals surface area contributed by atoms with Crippen LogP contribution in [0.5, 0.6) is 0 Å². The maximum atomic E-state index is 12.9. The fourth-order valence-corrected chi connectivity index (χ4v) is 4.69. The number of nitrogens with zero attached hydrogens (tertiary/aromatic N) is 3. The van der Waals surface area contributed by atoms with Crippen molar-refractivity contribution >= 4 is 15.9 Å². The van der Waals surface area contributed by atoms with Gasteiger partial charge in [-0.05, 0) is 31.9 Å². The molecule has 1 fully saturated rings. The highest BCUT2D eigenvalue weighted by atomic mass is 32.2. The number of sulfonamides is 1. The summed E-state index contributed by atoms with van der Waals surface area (Å²) < 4.78 is 33.8. The van der Waals surface area contributed by atoms with Crippen molar-refractivity contribution < 1.29 is 17.6 Å². The Morgan fingerprint density at radius 3 is 2.92 bits per heavy atom. The van der Waals surface area contributed by atoms with Gasteiger partial charge < -0.3 is 9.73 Å². The first kappa shape index (κ1) is 17.7. The topological polar surface area (TPSA) is 97.4 Å². The van der Waals surface area contributed by atoms with Gasteiger partial charge >= 0.3 is 0 Å². The number of carbonyl (C=O) groups excluding carboxylic acids is 1. The van der Waals surface area contributed by atoms with Crippen LogP contribution in [0, 0.1) is 12.8 Å². The molecule has 0 spiro atoms. The normalized spacial score (nSPS) is 19.0. The molecule has 1 amide bonds. The molecule has 0 saturated carbocycles. The van der Waals surface area contributed by atoms with Crippen molar-refractivity contribution in [3.8, 4) is 0 Å². The predicted octanol–water partition coefficient (Wildman–Crippen LogP) is 1.04. The summed E-state index contributed by atoms with van der Waals surface area (Å²) in [6.07, 6.45) is 4.23. The molecule has 2 aromatic heterocycles. The summed E-state index contributed by atoms with van der Waals surface area (Å²) >= 11 is 0. The van der Waals surface area contributed by atoms with E-state index in [9.17, 15) is 13.2 Å². The number of hydrogen-bond donors (Lipinski definition) is 1. The molecule has 3 heterocycles. The van der Waals surface area contributed by atoms with E-state index in [1.165, 1.54) is 15.2 Å². The minimum atomic E-state index is -3.64. The second kappa shape index (κ2) is 7.01. The van der Waals surface area contributed by atoms with Gasteiger partial charge in [0.25, 0.3) is 0 Å². The molecule has 0 unspecified atom stereocenters. The Morgan fingerprint density at radius 1 is 1.48 bits per heavy atom. The average molecular weight is 366 g/mol. The van der Waals surface area contributed by atoms with Gasteiger partial charge in [-0.2, -0.15) is 9.40 Å². The van der Waals surface area contributed by atoms with Crippen molar-refractivity contribution in [3.05, 3.63) is 36.0 Å². The quantitative estimate of drug-likeness (QED) is 0.853. The number of piperidine rings is 1. The zero-order valence-electron chi connectivity index (χ0n) is 14.3. The molecule has 136 valence electrons. The van der Waals surface area contributed by atoms with E-state index < -0.39 is 10.0 Å². The standard InChI is InChI=1S/C16H22N4O4S/c1-12-15(10-18-19(12)2)25(22,23)20-7-3-5-13(11-20)16(21)17-9-14-6-4-8-24-14/h4,6,8,10,13H,3,5,7,9,11H2,1-2H3,(H,17,21)/t13-/m0/s1. The van der Waals surface area contributed by atoms with Crippen LogP contribution >= 0.6 is 0 Å². The lowest BCUT2D eigenvalue weighted by molar-refractivity contribution is -0.126. The zero-order chi connectivity index (χ0) is 18.0. The summed E-state index contributed by atoms with van der Waals surface area (Å²) in [4.78, 5) is 12.6. The zero-order valence-corrected chi connectivity index (χ0v) is 15.1. The van der Waals surface area contributed by atoms with Crippen molar-refractivity contribution in [3.63, 3.8) is 0 Å². The molecule has 9 heteroatoms. The Hall–Kier alpha value is -2.13. The van der Waals surface area contributed by atoms with Crippen molar-refractivity contribution in [1.82, 2.24) is 19.4 Å². The molecule has 0 aliphatic carbocycles. The van der Waals surface area contributed by atoms with Gasteiger partial charge in [0.1, 0.15) is 10.7 Å². The van der Waals surface area contributed by atoms with E-state index in [1.807, 2.05) is 0 Å². The molecular formula is C16H22N4O4S. The van der Waals surface area contributed by atoms with Crippen LogP contribution in [0.1, 0.15) is 24.3 Å². The second-order valence-corrected chi connectivity index (χ2v) is 8.12. The van der Waals surface area contributed by atoms with Gasteiger partial charge in [0.15, 0.2) is 0 Å². The summed E-state index contributed by atoms with van der Waals surface area (Å²) in [7, 11) is -1.94. The van der Waals surface area contributed by atoms with Crippen LogP contribution in [-0.2, 0) is 28.4 Å². The Balaban J connectivity index is 1.68. The monoisotopic (exact) mass is 366 g/mol. The van der Waals surface area contributed by atoms with E-state index in [2.05, 4.69) is 10.4 Å². The molecular weight excluding hydrogens is 344 g/mol. The number of amides is 1. The van der Waals surface area contributed by atoms with Gasteiger partial charge in [-0.25, -0.2) is 8.42 Å². The largest absolute Gasteiger partial charge is 0.467 e. The highest BCUT2D eigenvalue weighted by Crippen LogP contribution is 2.25. The lowest BCUT2D eigenvalue weighted by atomic mass is 9.99. The maximum absolute atomic E-state index is 12.9. The highest BCUT2D eigenvalue weighted by molar-refractivity contribution is 7.89. The molecule has 3 rings (SSSR count). The predicted molar refractivity (Wildman–Crippen MR) is 90.0 cm³/mol. The lowest BCUT2D eigenvalue weighted by Gasteiger charge is -2.31. The van der Waals surface area contributed by atoms with Gasteiger partial charge in [-0.3, -0.25) is 9.48 Å². The molecule has 1 atom stereocenters. The molecule has 2 aromatic rings. The fraction of sp³-hybridized carbons (Fsp3) is 0.500. The number of aromatic nitrogens is 2. The van der Waals surface area contributed by atoms with Crippen LogP contribution in [0.4, 0.5) is 0 Å². The third-order valence-corrected chi connectivity index (χ3v) is 6.55. The summed E-state index contributed by atoms with van der Waals surface area (Å²) in [5.41, 5.74) is 0.587. The van der Waals surface area contributed by atoms with Crippen LogP contribution in [0.25, 0.3) is 0 Å². The molecule has 0 aromatic carbocycles. The summed E-state index contributed by atoms with van der Waals surface area (Å²) in [5, 5.41) is 6.82. The van der Waals surface area contributed by atoms with E-state index in [-0.39, 0.29) is 23.3 Å². The Kier molecular flexibility index (Phi) is 4.96. The third-order valence-electron chi connectivity index (χ3n) is 4.58. The average Bonchev–Trinajstić information content (AvgIpc) is 3.24. The summed E-state index contributed by atoms with van der Waals surface area (Å²) in [6.45, 7) is 2.62. The van der Waals surface area contributed by atoms with E-state index in [0.29, 0.717) is 37.4 Å². The minimum absolute atomic E-state index is 0.154. The number of rotatable bonds is 5. The van der Waals surface area contributed by atoms with Crippen LogP contribution in [0.3, 0.4) is 0 Å². The maximum Gasteiger partial charge on any atom is 0.246 e. The summed E-state index contributed by atoms with van der Waals surface area (Å²) in [5.74, 6) is 0.147. The molecule has 0 bridgehead atoms. The Bertz CT molecular complexity index is 842. The third kappa shape index (κ3) is 3.62. The number of nitrogens with one attached hydrogen (secondary N) is 1. The van der Waals surface area contributed by atoms with Gasteiger partial charge in [0.05, 0.1) is 30.6 Å². The fourth-order valence-electron chi connectivity index (χ4n) is 2.98. The Morgan fingerprint density at radius 2 is 2.28 bits per heavy atom. The van der Waals surface area contributed by atoms with E-state index >= 15 is 0 Å². The first-order valence-electron chi connectivity index (χ1n) is 8.18. The number of hydrogen-bond acceptors (Lipinski definition) is 5. The van der Waals surface area contributed by atoms with Crippen molar-refractivity contribution in [1.29, 1.82) is 0 Å². The van der Waals surface area contributed by atoms with Crippen LogP contribution < -0.4 is 5.32 Å². The molecule has 1 aliphatic heterocycles. The van der Waals surface area contributed by atoms with Crippen LogP contribution in [0.2, 0.25) is 0 Å². The van der Waals surface area contributed by atoms with E-state index in [4.69, 9.17) is 4.42 Å². The minimum Gasteiger partial charge on any atom is -0.467 e. The van der Waals surface area contributed by atoms with Crippen LogP contribution in [0.15, 0.2) is 33.9 Å². The molecule has 1 saturated heterocycles. The van der Waals surface area contributed by atoms with Crippen molar-refractivity contribution in [2.75, 3.05) is 13.1 Å². The summed E-state index contributed by atoms with van der Waals surface area (Å²) in [6, 6.07) is 3.54. The molecule has 25 heavy (non-hydrogen) atoms. The Labute approximate surface area is 146 Å². The highest BCUT2D eigenvalue weighted by Gasteiger charge is 2.34. The van der Waals surface area contributed by atoms with Crippen LogP contribution in [-0.4, -0.2) is 41.5 Å². The molecule has 8 nitrogen and oxygen atoms in total. The second-order valence-electron chi connectivity index (χ2n) is 6.22. The SMILES string of the molecule is Cc1c(S(=O)(=O)N2CCC[C@H](C(=O)NCc3ccco3)C2)cnn1C. The molecule has 1 N–H and O–H groups in total. The first-order valence-corrected chi connectivity index (χ1v) is 9.62.